The van der Waals surface area contributed by atoms with Gasteiger partial charge in [-0.05, 0) is 43.4 Å². The number of Topliss-reactive ketones (excluding diaryl/α,β-unsaturated/α-hetero) is 1. The number of carbonyl (C=O) groups excluding carboxylic acids is 4. The Bertz CT molecular complexity index is 1280. The molecule has 1 aliphatic heterocycles. The lowest BCUT2D eigenvalue weighted by atomic mass is 9.76. The van der Waals surface area contributed by atoms with Gasteiger partial charge in [0.25, 0.3) is 29.1 Å². The Morgan fingerprint density at radius 2 is 1.58 bits per heavy atom. The number of nitrogens with zero attached hydrogens (tertiary/aromatic N) is 4. The zero-order valence-corrected chi connectivity index (χ0v) is 19.2. The Balaban J connectivity index is 1.73. The van der Waals surface area contributed by atoms with E-state index < -0.39 is 57.4 Å². The van der Waals surface area contributed by atoms with Crippen LogP contribution < -0.4 is 0 Å². The number of ketones is 1. The molecule has 3 amide bonds. The molecule has 1 saturated carbocycles. The molecule has 0 unspecified atom stereocenters. The Hall–Kier alpha value is -4.48. The average molecular weight is 494 g/mol. The highest BCUT2D eigenvalue weighted by Gasteiger charge is 2.53. The summed E-state index contributed by atoms with van der Waals surface area (Å²) >= 11 is 0. The topological polar surface area (TPSA) is 161 Å². The molecule has 0 N–H and O–H groups in total. The van der Waals surface area contributed by atoms with E-state index in [1.807, 2.05) is 6.92 Å². The van der Waals surface area contributed by atoms with Crippen LogP contribution in [0, 0.1) is 38.0 Å². The average Bonchev–Trinajstić information content (AvgIpc) is 3.10. The van der Waals surface area contributed by atoms with Gasteiger partial charge in [-0.2, -0.15) is 5.01 Å². The second-order valence-electron chi connectivity index (χ2n) is 8.98. The molecule has 2 fully saturated rings. The van der Waals surface area contributed by atoms with Gasteiger partial charge in [0.1, 0.15) is 12.1 Å². The summed E-state index contributed by atoms with van der Waals surface area (Å²) in [7, 11) is 0. The highest BCUT2D eigenvalue weighted by Crippen LogP contribution is 2.41. The first-order valence-corrected chi connectivity index (χ1v) is 11.3. The van der Waals surface area contributed by atoms with Gasteiger partial charge in [-0.25, -0.2) is 5.01 Å². The SMILES string of the molecule is C[C@@H]1CC[C@H]2C(=O)N(N(CC(=O)c3ccc([N+](=O)[O-])cc3)C(=O)c3ccccc3[N+](=O)[O-])C(=O)[C@@H]2C1. The van der Waals surface area contributed by atoms with Crippen molar-refractivity contribution in [3.8, 4) is 0 Å². The van der Waals surface area contributed by atoms with E-state index in [9.17, 15) is 39.4 Å². The smallest absolute Gasteiger partial charge is 0.282 e. The van der Waals surface area contributed by atoms with Crippen molar-refractivity contribution in [2.24, 2.45) is 17.8 Å². The van der Waals surface area contributed by atoms with Gasteiger partial charge < -0.3 is 0 Å². The number of benzene rings is 2. The Morgan fingerprint density at radius 1 is 0.944 bits per heavy atom. The number of nitro groups is 2. The molecular weight excluding hydrogens is 472 g/mol. The quantitative estimate of drug-likeness (QED) is 0.245. The second kappa shape index (κ2) is 9.64. The van der Waals surface area contributed by atoms with Gasteiger partial charge in [0.2, 0.25) is 0 Å². The minimum absolute atomic E-state index is 0.00564. The minimum atomic E-state index is -1.05. The van der Waals surface area contributed by atoms with Crippen LogP contribution >= 0.6 is 0 Å². The fraction of sp³-hybridized carbons (Fsp3) is 0.333. The molecule has 2 aromatic carbocycles. The maximum Gasteiger partial charge on any atom is 0.282 e. The first kappa shape index (κ1) is 24.6. The summed E-state index contributed by atoms with van der Waals surface area (Å²) < 4.78 is 0. The first-order chi connectivity index (χ1) is 17.1. The number of carbonyl (C=O) groups is 4. The molecule has 1 aliphatic carbocycles. The van der Waals surface area contributed by atoms with Crippen LogP contribution in [-0.2, 0) is 9.59 Å². The molecule has 2 aliphatic rings. The molecule has 1 saturated heterocycles. The molecule has 0 bridgehead atoms. The van der Waals surface area contributed by atoms with E-state index >= 15 is 0 Å². The number of rotatable bonds is 7. The van der Waals surface area contributed by atoms with Crippen LogP contribution in [0.5, 0.6) is 0 Å². The van der Waals surface area contributed by atoms with Crippen LogP contribution in [0.3, 0.4) is 0 Å². The molecule has 0 spiro atoms. The lowest BCUT2D eigenvalue weighted by Gasteiger charge is -2.30. The molecule has 12 heteroatoms. The van der Waals surface area contributed by atoms with Crippen LogP contribution in [-0.4, -0.2) is 49.9 Å². The number of non-ortho nitro benzene ring substituents is 1. The highest BCUT2D eigenvalue weighted by atomic mass is 16.6. The summed E-state index contributed by atoms with van der Waals surface area (Å²) in [4.78, 5) is 74.3. The van der Waals surface area contributed by atoms with Crippen molar-refractivity contribution in [1.82, 2.24) is 10.0 Å². The summed E-state index contributed by atoms with van der Waals surface area (Å²) in [5.41, 5.74) is -1.17. The predicted molar refractivity (Wildman–Crippen MR) is 123 cm³/mol. The van der Waals surface area contributed by atoms with Gasteiger partial charge in [0, 0.05) is 23.8 Å². The molecule has 3 atom stereocenters. The molecule has 2 aromatic rings. The standard InChI is InChI=1S/C24H22N4O8/c1-14-6-11-17-19(12-14)24(32)26(23(17)31)25(22(30)18-4-2-3-5-20(18)28(35)36)13-21(29)15-7-9-16(10-8-15)27(33)34/h2-5,7-10,14,17,19H,6,11-13H2,1H3/t14-,17-,19-/m1/s1. The van der Waals surface area contributed by atoms with E-state index in [1.54, 1.807) is 0 Å². The predicted octanol–water partition coefficient (Wildman–Crippen LogP) is 3.16. The van der Waals surface area contributed by atoms with Gasteiger partial charge in [-0.3, -0.25) is 39.4 Å². The largest absolute Gasteiger partial charge is 0.292 e. The van der Waals surface area contributed by atoms with Crippen molar-refractivity contribution in [3.05, 3.63) is 79.9 Å². The summed E-state index contributed by atoms with van der Waals surface area (Å²) in [6, 6.07) is 9.68. The normalized spacial score (nSPS) is 21.1. The minimum Gasteiger partial charge on any atom is -0.292 e. The van der Waals surface area contributed by atoms with Crippen molar-refractivity contribution in [2.75, 3.05) is 6.54 Å². The number of imide groups is 1. The molecule has 1 heterocycles. The van der Waals surface area contributed by atoms with Crippen molar-refractivity contribution < 1.29 is 29.0 Å². The summed E-state index contributed by atoms with van der Waals surface area (Å²) in [5, 5.41) is 23.8. The molecule has 36 heavy (non-hydrogen) atoms. The molecule has 0 aromatic heterocycles. The zero-order valence-electron chi connectivity index (χ0n) is 19.2. The number of nitro benzene ring substituents is 2. The lowest BCUT2D eigenvalue weighted by molar-refractivity contribution is -0.385. The molecule has 0 radical (unpaired) electrons. The number of hydrogen-bond acceptors (Lipinski definition) is 8. The number of para-hydroxylation sites is 1. The number of hydrazine groups is 1. The maximum absolute atomic E-state index is 13.6. The van der Waals surface area contributed by atoms with Crippen LogP contribution in [0.25, 0.3) is 0 Å². The summed E-state index contributed by atoms with van der Waals surface area (Å²) in [5.74, 6) is -4.09. The van der Waals surface area contributed by atoms with E-state index in [1.165, 1.54) is 30.3 Å². The van der Waals surface area contributed by atoms with Crippen molar-refractivity contribution in [2.45, 2.75) is 26.2 Å². The van der Waals surface area contributed by atoms with Gasteiger partial charge >= 0.3 is 0 Å². The van der Waals surface area contributed by atoms with E-state index in [-0.39, 0.29) is 22.7 Å². The third-order valence-corrected chi connectivity index (χ3v) is 6.66. The van der Waals surface area contributed by atoms with E-state index in [0.29, 0.717) is 22.9 Å². The van der Waals surface area contributed by atoms with Crippen molar-refractivity contribution in [3.63, 3.8) is 0 Å². The Morgan fingerprint density at radius 3 is 2.22 bits per heavy atom. The third-order valence-electron chi connectivity index (χ3n) is 6.66. The van der Waals surface area contributed by atoms with Gasteiger partial charge in [-0.1, -0.05) is 19.1 Å². The molecule has 186 valence electrons. The summed E-state index contributed by atoms with van der Waals surface area (Å²) in [6.45, 7) is 1.19. The number of fused-ring (bicyclic) bond motifs is 1. The first-order valence-electron chi connectivity index (χ1n) is 11.3. The zero-order chi connectivity index (χ0) is 26.1. The second-order valence-corrected chi connectivity index (χ2v) is 8.98. The Labute approximate surface area is 204 Å². The van der Waals surface area contributed by atoms with Gasteiger partial charge in [0.15, 0.2) is 5.78 Å². The number of hydrogen-bond donors (Lipinski definition) is 0. The maximum atomic E-state index is 13.6. The lowest BCUT2D eigenvalue weighted by Crippen LogP contribution is -2.52. The van der Waals surface area contributed by atoms with Crippen LogP contribution in [0.4, 0.5) is 11.4 Å². The Kier molecular flexibility index (Phi) is 6.60. The molecule has 4 rings (SSSR count). The van der Waals surface area contributed by atoms with E-state index in [0.717, 1.165) is 24.6 Å². The van der Waals surface area contributed by atoms with Gasteiger partial charge in [0.05, 0.1) is 21.7 Å². The highest BCUT2D eigenvalue weighted by molar-refractivity contribution is 6.10. The third kappa shape index (κ3) is 4.44. The van der Waals surface area contributed by atoms with Crippen LogP contribution in [0.15, 0.2) is 48.5 Å². The summed E-state index contributed by atoms with van der Waals surface area (Å²) in [6.07, 6.45) is 1.64. The van der Waals surface area contributed by atoms with Gasteiger partial charge in [-0.15, -0.1) is 0 Å². The van der Waals surface area contributed by atoms with E-state index in [4.69, 9.17) is 0 Å². The fourth-order valence-corrected chi connectivity index (χ4v) is 4.79. The van der Waals surface area contributed by atoms with E-state index in [2.05, 4.69) is 0 Å². The molecule has 12 nitrogen and oxygen atoms in total. The van der Waals surface area contributed by atoms with Crippen molar-refractivity contribution in [1.29, 1.82) is 0 Å². The molecular formula is C24H22N4O8. The monoisotopic (exact) mass is 494 g/mol. The fourth-order valence-electron chi connectivity index (χ4n) is 4.79. The van der Waals surface area contributed by atoms with Crippen LogP contribution in [0.1, 0.15) is 46.9 Å². The number of amides is 3. The van der Waals surface area contributed by atoms with Crippen molar-refractivity contribution >= 4 is 34.9 Å². The van der Waals surface area contributed by atoms with Crippen LogP contribution in [0.2, 0.25) is 0 Å².